The minimum Gasteiger partial charge on any atom is -0.319 e. The first-order valence-electron chi connectivity index (χ1n) is 8.36. The molecule has 0 spiro atoms. The highest BCUT2D eigenvalue weighted by Gasteiger charge is 2.50. The standard InChI is InChI=1S/C19H14F2N4O3/c1-19(13-8-11(20)5-6-14(13)21)17(27)25(18(28)23-19)10-12-9-16(26)24-7-3-2-4-15(24)22-12/h2-9H,10H2,1H3,(H,23,28). The van der Waals surface area contributed by atoms with Gasteiger partial charge in [0.05, 0.1) is 12.2 Å². The van der Waals surface area contributed by atoms with Crippen LogP contribution in [0.4, 0.5) is 13.6 Å². The number of amides is 3. The van der Waals surface area contributed by atoms with Gasteiger partial charge in [0, 0.05) is 17.8 Å². The SMILES string of the molecule is CC1(c2cc(F)ccc2F)NC(=O)N(Cc2cc(=O)n3ccccc3n2)C1=O. The van der Waals surface area contributed by atoms with Gasteiger partial charge in [0.1, 0.15) is 22.8 Å². The fourth-order valence-corrected chi connectivity index (χ4v) is 3.25. The summed E-state index contributed by atoms with van der Waals surface area (Å²) < 4.78 is 29.1. The lowest BCUT2D eigenvalue weighted by atomic mass is 9.91. The third-order valence-electron chi connectivity index (χ3n) is 4.69. The van der Waals surface area contributed by atoms with Gasteiger partial charge < -0.3 is 5.32 Å². The molecule has 0 bridgehead atoms. The second kappa shape index (κ2) is 6.22. The first-order chi connectivity index (χ1) is 13.3. The highest BCUT2D eigenvalue weighted by molar-refractivity contribution is 6.07. The van der Waals surface area contributed by atoms with E-state index >= 15 is 0 Å². The number of nitrogens with one attached hydrogen (secondary N) is 1. The van der Waals surface area contributed by atoms with Crippen molar-refractivity contribution < 1.29 is 18.4 Å². The van der Waals surface area contributed by atoms with Crippen molar-refractivity contribution in [1.82, 2.24) is 19.6 Å². The first-order valence-corrected chi connectivity index (χ1v) is 8.36. The molecular formula is C19H14F2N4O3. The van der Waals surface area contributed by atoms with Gasteiger partial charge in [-0.1, -0.05) is 6.07 Å². The van der Waals surface area contributed by atoms with Gasteiger partial charge in [-0.15, -0.1) is 0 Å². The van der Waals surface area contributed by atoms with Gasteiger partial charge in [-0.3, -0.25) is 18.9 Å². The molecule has 1 unspecified atom stereocenters. The van der Waals surface area contributed by atoms with E-state index in [9.17, 15) is 23.2 Å². The molecule has 3 heterocycles. The van der Waals surface area contributed by atoms with Crippen molar-refractivity contribution in [3.05, 3.63) is 81.9 Å². The molecule has 3 aromatic rings. The van der Waals surface area contributed by atoms with Crippen molar-refractivity contribution in [1.29, 1.82) is 0 Å². The van der Waals surface area contributed by atoms with Crippen LogP contribution in [-0.4, -0.2) is 26.2 Å². The highest BCUT2D eigenvalue weighted by atomic mass is 19.1. The Morgan fingerprint density at radius 2 is 1.89 bits per heavy atom. The van der Waals surface area contributed by atoms with E-state index in [2.05, 4.69) is 10.3 Å². The number of hydrogen-bond acceptors (Lipinski definition) is 4. The van der Waals surface area contributed by atoms with Crippen LogP contribution in [0.25, 0.3) is 5.65 Å². The predicted octanol–water partition coefficient (Wildman–Crippen LogP) is 1.94. The maximum atomic E-state index is 14.2. The number of carbonyl (C=O) groups excluding carboxylic acids is 2. The number of rotatable bonds is 3. The molecule has 1 aliphatic heterocycles. The Morgan fingerprint density at radius 3 is 2.68 bits per heavy atom. The molecule has 1 aromatic carbocycles. The van der Waals surface area contributed by atoms with Crippen molar-refractivity contribution in [3.8, 4) is 0 Å². The van der Waals surface area contributed by atoms with Crippen LogP contribution >= 0.6 is 0 Å². The smallest absolute Gasteiger partial charge is 0.319 e. The number of urea groups is 1. The Kier molecular flexibility index (Phi) is 3.95. The number of halogens is 2. The number of aromatic nitrogens is 2. The second-order valence-corrected chi connectivity index (χ2v) is 6.59. The number of fused-ring (bicyclic) bond motifs is 1. The van der Waals surface area contributed by atoms with E-state index in [0.29, 0.717) is 5.65 Å². The Bertz CT molecular complexity index is 1190. The molecule has 1 fully saturated rings. The van der Waals surface area contributed by atoms with Gasteiger partial charge in [-0.25, -0.2) is 18.6 Å². The number of carbonyl (C=O) groups is 2. The lowest BCUT2D eigenvalue weighted by Gasteiger charge is -2.22. The van der Waals surface area contributed by atoms with E-state index < -0.39 is 29.1 Å². The minimum absolute atomic E-state index is 0.198. The van der Waals surface area contributed by atoms with E-state index in [0.717, 1.165) is 23.1 Å². The van der Waals surface area contributed by atoms with Crippen molar-refractivity contribution >= 4 is 17.6 Å². The summed E-state index contributed by atoms with van der Waals surface area (Å²) in [6.07, 6.45) is 1.55. The van der Waals surface area contributed by atoms with Gasteiger partial charge in [-0.2, -0.15) is 0 Å². The summed E-state index contributed by atoms with van der Waals surface area (Å²) in [7, 11) is 0. The second-order valence-electron chi connectivity index (χ2n) is 6.59. The van der Waals surface area contributed by atoms with Gasteiger partial charge in [0.2, 0.25) is 0 Å². The largest absolute Gasteiger partial charge is 0.325 e. The third kappa shape index (κ3) is 2.72. The topological polar surface area (TPSA) is 83.8 Å². The van der Waals surface area contributed by atoms with Crippen LogP contribution < -0.4 is 10.9 Å². The van der Waals surface area contributed by atoms with E-state index in [-0.39, 0.29) is 23.4 Å². The Balaban J connectivity index is 1.70. The maximum absolute atomic E-state index is 14.2. The summed E-state index contributed by atoms with van der Waals surface area (Å²) in [4.78, 5) is 42.6. The summed E-state index contributed by atoms with van der Waals surface area (Å²) in [6.45, 7) is 1.02. The number of imide groups is 1. The fourth-order valence-electron chi connectivity index (χ4n) is 3.25. The molecule has 0 radical (unpaired) electrons. The third-order valence-corrected chi connectivity index (χ3v) is 4.69. The molecule has 3 amide bonds. The summed E-state index contributed by atoms with van der Waals surface area (Å²) in [6, 6.07) is 8.10. The van der Waals surface area contributed by atoms with E-state index in [1.807, 2.05) is 0 Å². The minimum atomic E-state index is -1.77. The fraction of sp³-hybridized carbons (Fsp3) is 0.158. The molecule has 1 aliphatic rings. The van der Waals surface area contributed by atoms with Gasteiger partial charge in [-0.05, 0) is 37.3 Å². The van der Waals surface area contributed by atoms with Crippen LogP contribution in [0.3, 0.4) is 0 Å². The molecule has 1 N–H and O–H groups in total. The summed E-state index contributed by atoms with van der Waals surface area (Å²) in [5, 5.41) is 2.41. The van der Waals surface area contributed by atoms with Crippen molar-refractivity contribution in [2.24, 2.45) is 0 Å². The van der Waals surface area contributed by atoms with Crippen LogP contribution in [0, 0.1) is 11.6 Å². The number of nitrogens with zero attached hydrogens (tertiary/aromatic N) is 3. The Labute approximate surface area is 157 Å². The summed E-state index contributed by atoms with van der Waals surface area (Å²) >= 11 is 0. The molecule has 142 valence electrons. The molecule has 4 rings (SSSR count). The molecule has 28 heavy (non-hydrogen) atoms. The Morgan fingerprint density at radius 1 is 1.11 bits per heavy atom. The molecular weight excluding hydrogens is 370 g/mol. The molecule has 7 nitrogen and oxygen atoms in total. The highest BCUT2D eigenvalue weighted by Crippen LogP contribution is 2.31. The normalized spacial score (nSPS) is 19.3. The monoisotopic (exact) mass is 384 g/mol. The lowest BCUT2D eigenvalue weighted by Crippen LogP contribution is -2.41. The van der Waals surface area contributed by atoms with Crippen molar-refractivity contribution in [2.75, 3.05) is 0 Å². The van der Waals surface area contributed by atoms with Crippen LogP contribution in [0.1, 0.15) is 18.2 Å². The lowest BCUT2D eigenvalue weighted by molar-refractivity contribution is -0.131. The first kappa shape index (κ1) is 17.8. The zero-order valence-electron chi connectivity index (χ0n) is 14.6. The molecule has 9 heteroatoms. The van der Waals surface area contributed by atoms with Gasteiger partial charge in [0.15, 0.2) is 0 Å². The average molecular weight is 384 g/mol. The zero-order valence-corrected chi connectivity index (χ0v) is 14.6. The summed E-state index contributed by atoms with van der Waals surface area (Å²) in [5.41, 5.74) is -1.86. The molecule has 0 saturated carbocycles. The van der Waals surface area contributed by atoms with Crippen LogP contribution in [0.5, 0.6) is 0 Å². The quantitative estimate of drug-likeness (QED) is 0.700. The predicted molar refractivity (Wildman–Crippen MR) is 94.3 cm³/mol. The molecule has 1 saturated heterocycles. The van der Waals surface area contributed by atoms with Crippen molar-refractivity contribution in [2.45, 2.75) is 19.0 Å². The summed E-state index contributed by atoms with van der Waals surface area (Å²) in [5.74, 6) is -2.32. The number of hydrogen-bond donors (Lipinski definition) is 1. The van der Waals surface area contributed by atoms with Crippen LogP contribution in [0.2, 0.25) is 0 Å². The van der Waals surface area contributed by atoms with Crippen LogP contribution in [0.15, 0.2) is 53.5 Å². The number of pyridine rings is 1. The Hall–Kier alpha value is -3.62. The average Bonchev–Trinajstić information content (AvgIpc) is 2.88. The molecule has 1 atom stereocenters. The van der Waals surface area contributed by atoms with Gasteiger partial charge in [0.25, 0.3) is 11.5 Å². The zero-order chi connectivity index (χ0) is 20.1. The van der Waals surface area contributed by atoms with Crippen LogP contribution in [-0.2, 0) is 16.9 Å². The van der Waals surface area contributed by atoms with Gasteiger partial charge >= 0.3 is 6.03 Å². The molecule has 0 aliphatic carbocycles. The number of benzene rings is 1. The maximum Gasteiger partial charge on any atom is 0.325 e. The molecule has 2 aromatic heterocycles. The van der Waals surface area contributed by atoms with E-state index in [1.54, 1.807) is 24.4 Å². The van der Waals surface area contributed by atoms with Crippen molar-refractivity contribution in [3.63, 3.8) is 0 Å². The van der Waals surface area contributed by atoms with E-state index in [4.69, 9.17) is 0 Å². The van der Waals surface area contributed by atoms with E-state index in [1.165, 1.54) is 17.4 Å².